The second-order valence-corrected chi connectivity index (χ2v) is 3.96. The van der Waals surface area contributed by atoms with Crippen molar-refractivity contribution in [3.8, 4) is 6.07 Å². The van der Waals surface area contributed by atoms with Crippen LogP contribution >= 0.6 is 0 Å². The van der Waals surface area contributed by atoms with E-state index in [4.69, 9.17) is 10.00 Å². The monoisotopic (exact) mass is 267 g/mol. The minimum Gasteiger partial charge on any atom is -0.466 e. The van der Waals surface area contributed by atoms with E-state index in [0.29, 0.717) is 17.5 Å². The Morgan fingerprint density at radius 1 is 1.37 bits per heavy atom. The summed E-state index contributed by atoms with van der Waals surface area (Å²) >= 11 is 0. The fraction of sp³-hybridized carbons (Fsp3) is 0.429. The minimum atomic E-state index is -2.73. The quantitative estimate of drug-likeness (QED) is 0.770. The molecule has 0 fully saturated rings. The van der Waals surface area contributed by atoms with Crippen LogP contribution in [0.3, 0.4) is 0 Å². The molecule has 0 aliphatic heterocycles. The van der Waals surface area contributed by atoms with E-state index in [2.05, 4.69) is 0 Å². The van der Waals surface area contributed by atoms with Gasteiger partial charge in [-0.15, -0.1) is 0 Å². The topological polar surface area (TPSA) is 50.1 Å². The van der Waals surface area contributed by atoms with Crippen molar-refractivity contribution >= 4 is 5.97 Å². The van der Waals surface area contributed by atoms with Gasteiger partial charge >= 0.3 is 5.97 Å². The maximum absolute atomic E-state index is 12.8. The number of rotatable bonds is 5. The maximum atomic E-state index is 12.8. The number of carbonyl (C=O) groups excluding carboxylic acids is 1. The van der Waals surface area contributed by atoms with Gasteiger partial charge in [0.2, 0.25) is 0 Å². The van der Waals surface area contributed by atoms with Crippen LogP contribution in [0.15, 0.2) is 12.1 Å². The molecule has 0 saturated heterocycles. The Labute approximate surface area is 110 Å². The molecule has 0 aromatic heterocycles. The SMILES string of the molecule is CCOC(=O)Cc1cc(C(F)F)c(C#N)cc1CC. The summed E-state index contributed by atoms with van der Waals surface area (Å²) < 4.78 is 30.5. The predicted octanol–water partition coefficient (Wildman–Crippen LogP) is 3.16. The molecule has 0 N–H and O–H groups in total. The highest BCUT2D eigenvalue weighted by Gasteiger charge is 2.18. The molecule has 1 rings (SSSR count). The Morgan fingerprint density at radius 2 is 2.05 bits per heavy atom. The molecule has 0 saturated carbocycles. The lowest BCUT2D eigenvalue weighted by Gasteiger charge is -2.12. The maximum Gasteiger partial charge on any atom is 0.310 e. The molecule has 102 valence electrons. The summed E-state index contributed by atoms with van der Waals surface area (Å²) in [5.41, 5.74) is 0.836. The van der Waals surface area contributed by atoms with Gasteiger partial charge in [-0.3, -0.25) is 4.79 Å². The number of hydrogen-bond donors (Lipinski definition) is 0. The Bertz CT molecular complexity index is 507. The predicted molar refractivity (Wildman–Crippen MR) is 65.8 cm³/mol. The van der Waals surface area contributed by atoms with Crippen LogP contribution in [0.4, 0.5) is 8.78 Å². The molecule has 1 aromatic carbocycles. The summed E-state index contributed by atoms with van der Waals surface area (Å²) in [6, 6.07) is 4.42. The lowest BCUT2D eigenvalue weighted by Crippen LogP contribution is -2.10. The Hall–Kier alpha value is -1.96. The molecule has 0 aliphatic rings. The molecule has 5 heteroatoms. The number of benzene rings is 1. The number of halogens is 2. The molecule has 1 aromatic rings. The van der Waals surface area contributed by atoms with E-state index in [1.165, 1.54) is 12.1 Å². The molecule has 0 bridgehead atoms. The van der Waals surface area contributed by atoms with Crippen molar-refractivity contribution in [3.63, 3.8) is 0 Å². The molecular formula is C14H15F2NO2. The Balaban J connectivity index is 3.19. The number of ether oxygens (including phenoxy) is 1. The second-order valence-electron chi connectivity index (χ2n) is 3.96. The van der Waals surface area contributed by atoms with Gasteiger partial charge in [0.25, 0.3) is 6.43 Å². The van der Waals surface area contributed by atoms with Crippen LogP contribution in [0, 0.1) is 11.3 Å². The lowest BCUT2D eigenvalue weighted by molar-refractivity contribution is -0.142. The number of hydrogen-bond acceptors (Lipinski definition) is 3. The second kappa shape index (κ2) is 6.83. The van der Waals surface area contributed by atoms with Crippen molar-refractivity contribution in [1.82, 2.24) is 0 Å². The van der Waals surface area contributed by atoms with Gasteiger partial charge < -0.3 is 4.74 Å². The molecule has 19 heavy (non-hydrogen) atoms. The zero-order chi connectivity index (χ0) is 14.4. The van der Waals surface area contributed by atoms with E-state index >= 15 is 0 Å². The highest BCUT2D eigenvalue weighted by atomic mass is 19.3. The normalized spacial score (nSPS) is 10.3. The fourth-order valence-electron chi connectivity index (χ4n) is 1.85. The fourth-order valence-corrected chi connectivity index (χ4v) is 1.85. The van der Waals surface area contributed by atoms with Gasteiger partial charge in [-0.2, -0.15) is 5.26 Å². The highest BCUT2D eigenvalue weighted by Crippen LogP contribution is 2.26. The first-order chi connectivity index (χ1) is 9.03. The standard InChI is InChI=1S/C14H15F2NO2/c1-3-9-5-11(8-17)12(14(15)16)6-10(9)7-13(18)19-4-2/h5-6,14H,3-4,7H2,1-2H3. The average Bonchev–Trinajstić information content (AvgIpc) is 2.38. The van der Waals surface area contributed by atoms with E-state index in [9.17, 15) is 13.6 Å². The lowest BCUT2D eigenvalue weighted by atomic mass is 9.95. The Morgan fingerprint density at radius 3 is 2.53 bits per heavy atom. The number of nitrogens with zero attached hydrogens (tertiary/aromatic N) is 1. The van der Waals surface area contributed by atoms with E-state index < -0.39 is 12.4 Å². The van der Waals surface area contributed by atoms with Crippen LogP contribution in [0.1, 0.15) is 42.5 Å². The highest BCUT2D eigenvalue weighted by molar-refractivity contribution is 5.73. The van der Waals surface area contributed by atoms with Gasteiger partial charge in [0, 0.05) is 5.56 Å². The van der Waals surface area contributed by atoms with E-state index in [0.717, 1.165) is 0 Å². The van der Waals surface area contributed by atoms with Crippen molar-refractivity contribution < 1.29 is 18.3 Å². The smallest absolute Gasteiger partial charge is 0.310 e. The minimum absolute atomic E-state index is 0.0422. The number of carbonyl (C=O) groups is 1. The molecule has 0 unspecified atom stereocenters. The van der Waals surface area contributed by atoms with Gasteiger partial charge in [0.15, 0.2) is 0 Å². The summed E-state index contributed by atoms with van der Waals surface area (Å²) in [7, 11) is 0. The summed E-state index contributed by atoms with van der Waals surface area (Å²) in [6.45, 7) is 3.77. The van der Waals surface area contributed by atoms with Gasteiger partial charge in [-0.25, -0.2) is 8.78 Å². The molecule has 0 spiro atoms. The number of alkyl halides is 2. The van der Waals surface area contributed by atoms with Crippen molar-refractivity contribution in [3.05, 3.63) is 34.4 Å². The summed E-state index contributed by atoms with van der Waals surface area (Å²) in [5.74, 6) is -0.456. The summed E-state index contributed by atoms with van der Waals surface area (Å²) in [4.78, 5) is 11.4. The van der Waals surface area contributed by atoms with Crippen LogP contribution in [0.25, 0.3) is 0 Å². The van der Waals surface area contributed by atoms with Crippen LogP contribution in [-0.4, -0.2) is 12.6 Å². The first-order valence-electron chi connectivity index (χ1n) is 6.03. The van der Waals surface area contributed by atoms with Crippen molar-refractivity contribution in [2.24, 2.45) is 0 Å². The van der Waals surface area contributed by atoms with Crippen LogP contribution in [-0.2, 0) is 22.4 Å². The van der Waals surface area contributed by atoms with Gasteiger partial charge in [0.05, 0.1) is 24.7 Å². The molecule has 0 aliphatic carbocycles. The van der Waals surface area contributed by atoms with E-state index in [1.54, 1.807) is 13.0 Å². The first-order valence-corrected chi connectivity index (χ1v) is 6.03. The zero-order valence-corrected chi connectivity index (χ0v) is 10.9. The third-order valence-corrected chi connectivity index (χ3v) is 2.75. The van der Waals surface area contributed by atoms with Crippen molar-refractivity contribution in [1.29, 1.82) is 5.26 Å². The van der Waals surface area contributed by atoms with Gasteiger partial charge in [-0.1, -0.05) is 6.92 Å². The molecule has 0 radical (unpaired) electrons. The number of esters is 1. The van der Waals surface area contributed by atoms with E-state index in [1.807, 2.05) is 6.92 Å². The van der Waals surface area contributed by atoms with E-state index in [-0.39, 0.29) is 24.2 Å². The third-order valence-electron chi connectivity index (χ3n) is 2.75. The Kier molecular flexibility index (Phi) is 5.43. The molecule has 3 nitrogen and oxygen atoms in total. The van der Waals surface area contributed by atoms with Crippen LogP contribution in [0.2, 0.25) is 0 Å². The first kappa shape index (κ1) is 15.1. The zero-order valence-electron chi connectivity index (χ0n) is 10.9. The number of nitriles is 1. The summed E-state index contributed by atoms with van der Waals surface area (Å²) in [6.07, 6.45) is -2.23. The average molecular weight is 267 g/mol. The molecule has 0 heterocycles. The summed E-state index contributed by atoms with van der Waals surface area (Å²) in [5, 5.41) is 8.87. The van der Waals surface area contributed by atoms with Crippen molar-refractivity contribution in [2.45, 2.75) is 33.1 Å². The van der Waals surface area contributed by atoms with Gasteiger partial charge in [0.1, 0.15) is 0 Å². The van der Waals surface area contributed by atoms with Crippen molar-refractivity contribution in [2.75, 3.05) is 6.61 Å². The third kappa shape index (κ3) is 3.75. The van der Waals surface area contributed by atoms with Crippen LogP contribution < -0.4 is 0 Å². The number of aryl methyl sites for hydroxylation is 1. The molecule has 0 amide bonds. The largest absolute Gasteiger partial charge is 0.466 e. The molecular weight excluding hydrogens is 252 g/mol. The van der Waals surface area contributed by atoms with Crippen LogP contribution in [0.5, 0.6) is 0 Å². The van der Waals surface area contributed by atoms with Gasteiger partial charge in [-0.05, 0) is 36.6 Å². The molecule has 0 atom stereocenters.